The van der Waals surface area contributed by atoms with E-state index in [1.165, 1.54) is 38.7 Å². The van der Waals surface area contributed by atoms with E-state index in [-0.39, 0.29) is 18.1 Å². The lowest BCUT2D eigenvalue weighted by molar-refractivity contribution is -0.122. The number of rotatable bonds is 4. The number of aromatic nitrogens is 4. The van der Waals surface area contributed by atoms with Crippen molar-refractivity contribution in [1.29, 1.82) is 0 Å². The molecule has 0 atom stereocenters. The van der Waals surface area contributed by atoms with Gasteiger partial charge in [-0.1, -0.05) is 30.2 Å². The number of hydrogen-bond donors (Lipinski definition) is 1. The third-order valence-corrected chi connectivity index (χ3v) is 6.94. The zero-order chi connectivity index (χ0) is 20.7. The quantitative estimate of drug-likeness (QED) is 0.492. The Bertz CT molecular complexity index is 1310. The van der Waals surface area contributed by atoms with Crippen LogP contribution >= 0.6 is 22.9 Å². The van der Waals surface area contributed by atoms with Gasteiger partial charge < -0.3 is 5.32 Å². The van der Waals surface area contributed by atoms with Gasteiger partial charge in [-0.15, -0.1) is 16.4 Å². The molecule has 1 amide bonds. The number of carbonyl (C=O) groups is 1. The highest BCUT2D eigenvalue weighted by Gasteiger charge is 2.21. The molecular weight excluding hydrogens is 422 g/mol. The van der Waals surface area contributed by atoms with E-state index in [1.54, 1.807) is 23.5 Å². The number of halogens is 1. The summed E-state index contributed by atoms with van der Waals surface area (Å²) >= 11 is 7.58. The minimum atomic E-state index is -0.352. The minimum Gasteiger partial charge on any atom is -0.350 e. The van der Waals surface area contributed by atoms with E-state index in [2.05, 4.69) is 15.4 Å². The maximum Gasteiger partial charge on any atom is 0.352 e. The van der Waals surface area contributed by atoms with Crippen LogP contribution in [-0.2, 0) is 30.7 Å². The molecule has 3 heterocycles. The number of hydrogen-bond acceptors (Lipinski definition) is 5. The summed E-state index contributed by atoms with van der Waals surface area (Å²) in [4.78, 5) is 32.0. The minimum absolute atomic E-state index is 0.137. The van der Waals surface area contributed by atoms with Crippen LogP contribution in [0.1, 0.15) is 35.3 Å². The van der Waals surface area contributed by atoms with E-state index in [9.17, 15) is 9.59 Å². The lowest BCUT2D eigenvalue weighted by Gasteiger charge is -2.05. The van der Waals surface area contributed by atoms with Crippen LogP contribution in [0, 0.1) is 0 Å². The fourth-order valence-electron chi connectivity index (χ4n) is 3.95. The van der Waals surface area contributed by atoms with Gasteiger partial charge >= 0.3 is 5.69 Å². The van der Waals surface area contributed by atoms with Gasteiger partial charge in [-0.3, -0.25) is 4.79 Å². The van der Waals surface area contributed by atoms with Crippen LogP contribution in [0.5, 0.6) is 0 Å². The van der Waals surface area contributed by atoms with E-state index in [1.807, 2.05) is 12.1 Å². The Balaban J connectivity index is 1.43. The molecule has 0 fully saturated rings. The Morgan fingerprint density at radius 2 is 1.97 bits per heavy atom. The highest BCUT2D eigenvalue weighted by Crippen LogP contribution is 2.35. The van der Waals surface area contributed by atoms with Gasteiger partial charge in [0.25, 0.3) is 0 Å². The third kappa shape index (κ3) is 3.50. The number of aryl methyl sites for hydroxylation is 2. The van der Waals surface area contributed by atoms with Crippen molar-refractivity contribution in [3.63, 3.8) is 0 Å². The van der Waals surface area contributed by atoms with Gasteiger partial charge in [0, 0.05) is 16.4 Å². The maximum absolute atomic E-state index is 12.8. The summed E-state index contributed by atoms with van der Waals surface area (Å²) < 4.78 is 2.67. The summed E-state index contributed by atoms with van der Waals surface area (Å²) in [5.74, 6) is -0.274. The van der Waals surface area contributed by atoms with Gasteiger partial charge in [0.15, 0.2) is 5.65 Å². The second-order valence-electron chi connectivity index (χ2n) is 7.53. The molecule has 1 aromatic carbocycles. The predicted molar refractivity (Wildman–Crippen MR) is 117 cm³/mol. The summed E-state index contributed by atoms with van der Waals surface area (Å²) in [6.45, 7) is 0.226. The van der Waals surface area contributed by atoms with Crippen molar-refractivity contribution in [2.24, 2.45) is 0 Å². The maximum atomic E-state index is 12.8. The van der Waals surface area contributed by atoms with Crippen LogP contribution < -0.4 is 11.0 Å². The first kappa shape index (κ1) is 19.3. The summed E-state index contributed by atoms with van der Waals surface area (Å²) in [7, 11) is 0. The number of nitrogens with one attached hydrogen (secondary N) is 1. The smallest absolute Gasteiger partial charge is 0.350 e. The number of carbonyl (C=O) groups excluding carboxylic acids is 1. The molecule has 0 radical (unpaired) electrons. The lowest BCUT2D eigenvalue weighted by atomic mass is 10.1. The lowest BCUT2D eigenvalue weighted by Crippen LogP contribution is -2.32. The fourth-order valence-corrected chi connectivity index (χ4v) is 5.30. The number of fused-ring (bicyclic) bond motifs is 5. The van der Waals surface area contributed by atoms with Gasteiger partial charge in [0.2, 0.25) is 5.91 Å². The second kappa shape index (κ2) is 7.85. The molecule has 0 saturated heterocycles. The van der Waals surface area contributed by atoms with Crippen molar-refractivity contribution < 1.29 is 4.79 Å². The Labute approximate surface area is 181 Å². The molecule has 3 aromatic heterocycles. The molecule has 9 heteroatoms. The van der Waals surface area contributed by atoms with Crippen LogP contribution in [0.25, 0.3) is 15.9 Å². The monoisotopic (exact) mass is 441 g/mol. The Morgan fingerprint density at radius 3 is 2.80 bits per heavy atom. The first-order chi connectivity index (χ1) is 14.6. The molecule has 7 nitrogen and oxygen atoms in total. The number of nitrogens with zero attached hydrogens (tertiary/aromatic N) is 4. The van der Waals surface area contributed by atoms with E-state index < -0.39 is 0 Å². The van der Waals surface area contributed by atoms with Gasteiger partial charge in [-0.2, -0.15) is 0 Å². The third-order valence-electron chi connectivity index (χ3n) is 5.48. The van der Waals surface area contributed by atoms with Crippen molar-refractivity contribution in [2.75, 3.05) is 0 Å². The fraction of sp³-hybridized carbons (Fsp3) is 0.333. The molecule has 0 spiro atoms. The normalized spacial score (nSPS) is 14.0. The zero-order valence-corrected chi connectivity index (χ0v) is 17.8. The van der Waals surface area contributed by atoms with E-state index in [4.69, 9.17) is 11.6 Å². The molecule has 0 saturated carbocycles. The molecular formula is C21H20ClN5O2S. The second-order valence-corrected chi connectivity index (χ2v) is 9.05. The highest BCUT2D eigenvalue weighted by atomic mass is 35.5. The first-order valence-corrected chi connectivity index (χ1v) is 11.2. The van der Waals surface area contributed by atoms with Crippen molar-refractivity contribution in [3.05, 3.63) is 62.1 Å². The van der Waals surface area contributed by atoms with Gasteiger partial charge in [-0.05, 0) is 48.9 Å². The Kier molecular flexibility index (Phi) is 5.04. The van der Waals surface area contributed by atoms with Crippen LogP contribution in [-0.4, -0.2) is 25.1 Å². The van der Waals surface area contributed by atoms with E-state index in [0.717, 1.165) is 35.0 Å². The molecule has 0 aliphatic heterocycles. The van der Waals surface area contributed by atoms with E-state index >= 15 is 0 Å². The zero-order valence-electron chi connectivity index (χ0n) is 16.2. The predicted octanol–water partition coefficient (Wildman–Crippen LogP) is 3.34. The van der Waals surface area contributed by atoms with Crippen molar-refractivity contribution in [2.45, 2.75) is 45.2 Å². The van der Waals surface area contributed by atoms with Gasteiger partial charge in [0.1, 0.15) is 17.7 Å². The summed E-state index contributed by atoms with van der Waals surface area (Å²) in [6.07, 6.45) is 7.10. The molecule has 30 heavy (non-hydrogen) atoms. The van der Waals surface area contributed by atoms with Gasteiger partial charge in [-0.25, -0.2) is 18.9 Å². The van der Waals surface area contributed by atoms with Crippen LogP contribution in [0.3, 0.4) is 0 Å². The molecule has 1 aliphatic rings. The molecule has 1 N–H and O–H groups in total. The van der Waals surface area contributed by atoms with E-state index in [0.29, 0.717) is 17.2 Å². The topological polar surface area (TPSA) is 81.3 Å². The average molecular weight is 442 g/mol. The standard InChI is InChI=1S/C21H20ClN5O2S/c22-14-8-6-13(7-9-14)10-23-17(28)11-27-21(29)26-12-24-20-18(19(26)25-27)15-4-2-1-3-5-16(15)30-20/h6-9,12H,1-5,10-11H2,(H,23,28). The van der Waals surface area contributed by atoms with Crippen molar-refractivity contribution >= 4 is 44.7 Å². The number of thiophene rings is 1. The summed E-state index contributed by atoms with van der Waals surface area (Å²) in [5, 5.41) is 8.95. The Morgan fingerprint density at radius 1 is 1.17 bits per heavy atom. The summed E-state index contributed by atoms with van der Waals surface area (Å²) in [6, 6.07) is 7.25. The molecule has 0 bridgehead atoms. The molecule has 0 unspecified atom stereocenters. The highest BCUT2D eigenvalue weighted by molar-refractivity contribution is 7.19. The van der Waals surface area contributed by atoms with Crippen molar-refractivity contribution in [3.8, 4) is 0 Å². The Hall–Kier alpha value is -2.71. The van der Waals surface area contributed by atoms with Crippen LogP contribution in [0.15, 0.2) is 35.4 Å². The molecule has 154 valence electrons. The molecule has 4 aromatic rings. The largest absolute Gasteiger partial charge is 0.352 e. The number of benzene rings is 1. The van der Waals surface area contributed by atoms with Crippen molar-refractivity contribution in [1.82, 2.24) is 24.5 Å². The molecule has 5 rings (SSSR count). The molecule has 1 aliphatic carbocycles. The van der Waals surface area contributed by atoms with Crippen LogP contribution in [0.2, 0.25) is 5.02 Å². The SMILES string of the molecule is O=C(Cn1nc2c3c4c(sc3ncn2c1=O)CCCCC4)NCc1ccc(Cl)cc1. The number of amides is 1. The summed E-state index contributed by atoms with van der Waals surface area (Å²) in [5.41, 5.74) is 2.45. The first-order valence-electron chi connectivity index (χ1n) is 10.00. The van der Waals surface area contributed by atoms with Gasteiger partial charge in [0.05, 0.1) is 5.39 Å². The average Bonchev–Trinajstić information content (AvgIpc) is 3.15. The van der Waals surface area contributed by atoms with Crippen LogP contribution in [0.4, 0.5) is 0 Å².